The molecule has 0 bridgehead atoms. The number of carbonyl (C=O) groups excluding carboxylic acids is 2. The van der Waals surface area contributed by atoms with Gasteiger partial charge in [-0.25, -0.2) is 9.40 Å². The lowest BCUT2D eigenvalue weighted by Gasteiger charge is -2.31. The SMILES string of the molecule is COc1cccc(C2=NN(C(=O)CN(CCN3CCOCC3)C(=O)c3ccccc3F)[C@H](c3ccc(C)cc3)C2)c1. The third-order valence-corrected chi connectivity index (χ3v) is 7.54. The van der Waals surface area contributed by atoms with Gasteiger partial charge in [-0.3, -0.25) is 14.5 Å². The molecule has 3 aromatic rings. The van der Waals surface area contributed by atoms with E-state index < -0.39 is 11.7 Å². The summed E-state index contributed by atoms with van der Waals surface area (Å²) in [6.45, 7) is 5.33. The largest absolute Gasteiger partial charge is 0.497 e. The number of morpholine rings is 1. The molecule has 2 heterocycles. The van der Waals surface area contributed by atoms with Crippen LogP contribution in [0.1, 0.15) is 39.5 Å². The normalized spacial score (nSPS) is 17.3. The predicted octanol–water partition coefficient (Wildman–Crippen LogP) is 4.30. The van der Waals surface area contributed by atoms with Crippen molar-refractivity contribution in [2.75, 3.05) is 53.0 Å². The van der Waals surface area contributed by atoms with Crippen molar-refractivity contribution in [3.05, 3.63) is 101 Å². The Morgan fingerprint density at radius 2 is 1.80 bits per heavy atom. The molecular formula is C32H35FN4O4. The maximum Gasteiger partial charge on any atom is 0.262 e. The maximum absolute atomic E-state index is 14.6. The Kier molecular flexibility index (Phi) is 9.06. The molecule has 2 aliphatic heterocycles. The number of amides is 2. The van der Waals surface area contributed by atoms with E-state index in [1.54, 1.807) is 19.2 Å². The number of nitrogens with zero attached hydrogens (tertiary/aromatic N) is 4. The summed E-state index contributed by atoms with van der Waals surface area (Å²) in [5.41, 5.74) is 3.63. The minimum atomic E-state index is -0.613. The van der Waals surface area contributed by atoms with Gasteiger partial charge in [0.1, 0.15) is 18.1 Å². The van der Waals surface area contributed by atoms with E-state index in [-0.39, 0.29) is 30.6 Å². The van der Waals surface area contributed by atoms with Gasteiger partial charge >= 0.3 is 0 Å². The molecule has 1 fully saturated rings. The number of methoxy groups -OCH3 is 1. The molecule has 1 saturated heterocycles. The molecule has 9 heteroatoms. The van der Waals surface area contributed by atoms with Gasteiger partial charge in [-0.2, -0.15) is 5.10 Å². The lowest BCUT2D eigenvalue weighted by atomic mass is 9.97. The summed E-state index contributed by atoms with van der Waals surface area (Å²) in [6, 6.07) is 21.2. The molecule has 1 atom stereocenters. The topological polar surface area (TPSA) is 74.7 Å². The second-order valence-corrected chi connectivity index (χ2v) is 10.3. The van der Waals surface area contributed by atoms with Crippen LogP contribution in [-0.4, -0.2) is 85.4 Å². The van der Waals surface area contributed by atoms with Crippen LogP contribution >= 0.6 is 0 Å². The van der Waals surface area contributed by atoms with Gasteiger partial charge in [0.25, 0.3) is 11.8 Å². The fourth-order valence-electron chi connectivity index (χ4n) is 5.15. The summed E-state index contributed by atoms with van der Waals surface area (Å²) >= 11 is 0. The summed E-state index contributed by atoms with van der Waals surface area (Å²) in [7, 11) is 1.61. The van der Waals surface area contributed by atoms with Crippen molar-refractivity contribution in [1.82, 2.24) is 14.8 Å². The van der Waals surface area contributed by atoms with Crippen molar-refractivity contribution < 1.29 is 23.5 Å². The lowest BCUT2D eigenvalue weighted by molar-refractivity contribution is -0.133. The van der Waals surface area contributed by atoms with Gasteiger partial charge in [-0.15, -0.1) is 0 Å². The van der Waals surface area contributed by atoms with E-state index in [0.29, 0.717) is 31.9 Å². The highest BCUT2D eigenvalue weighted by Crippen LogP contribution is 2.34. The van der Waals surface area contributed by atoms with Crippen LogP contribution < -0.4 is 4.74 Å². The molecule has 0 unspecified atom stereocenters. The zero-order valence-electron chi connectivity index (χ0n) is 23.5. The molecule has 0 saturated carbocycles. The molecular weight excluding hydrogens is 523 g/mol. The predicted molar refractivity (Wildman–Crippen MR) is 154 cm³/mol. The molecule has 3 aromatic carbocycles. The van der Waals surface area contributed by atoms with Crippen molar-refractivity contribution >= 4 is 17.5 Å². The Bertz CT molecular complexity index is 1400. The van der Waals surface area contributed by atoms with Crippen LogP contribution in [0.2, 0.25) is 0 Å². The van der Waals surface area contributed by atoms with Crippen LogP contribution in [0.5, 0.6) is 5.75 Å². The van der Waals surface area contributed by atoms with Crippen molar-refractivity contribution in [3.63, 3.8) is 0 Å². The standard InChI is InChI=1S/C32H35FN4O4/c1-23-10-12-24(13-11-23)30-21-29(25-6-5-7-26(20-25)40-2)34-37(30)31(38)22-36(15-14-35-16-18-41-19-17-35)32(39)27-8-3-4-9-28(27)33/h3-13,20,30H,14-19,21-22H2,1-2H3/t30-/m0/s1. The first-order chi connectivity index (χ1) is 19.9. The Balaban J connectivity index is 1.43. The number of hydrogen-bond acceptors (Lipinski definition) is 6. The monoisotopic (exact) mass is 558 g/mol. The van der Waals surface area contributed by atoms with Gasteiger partial charge in [-0.1, -0.05) is 54.1 Å². The summed E-state index contributed by atoms with van der Waals surface area (Å²) in [6.07, 6.45) is 0.511. The first kappa shape index (κ1) is 28.4. The number of halogens is 1. The van der Waals surface area contributed by atoms with Gasteiger partial charge in [-0.05, 0) is 36.8 Å². The smallest absolute Gasteiger partial charge is 0.262 e. The quantitative estimate of drug-likeness (QED) is 0.392. The minimum Gasteiger partial charge on any atom is -0.497 e. The second-order valence-electron chi connectivity index (χ2n) is 10.3. The van der Waals surface area contributed by atoms with E-state index in [1.807, 2.05) is 55.5 Å². The first-order valence-electron chi connectivity index (χ1n) is 13.9. The van der Waals surface area contributed by atoms with Crippen molar-refractivity contribution in [2.45, 2.75) is 19.4 Å². The Labute approximate surface area is 240 Å². The van der Waals surface area contributed by atoms with Gasteiger partial charge in [0.2, 0.25) is 0 Å². The average molecular weight is 559 g/mol. The van der Waals surface area contributed by atoms with Gasteiger partial charge < -0.3 is 14.4 Å². The van der Waals surface area contributed by atoms with Gasteiger partial charge in [0.05, 0.1) is 37.6 Å². The number of hydrazone groups is 1. The molecule has 2 amide bonds. The molecule has 5 rings (SSSR count). The van der Waals surface area contributed by atoms with E-state index in [9.17, 15) is 14.0 Å². The molecule has 0 radical (unpaired) electrons. The van der Waals surface area contributed by atoms with Crippen molar-refractivity contribution in [2.24, 2.45) is 5.10 Å². The molecule has 41 heavy (non-hydrogen) atoms. The summed E-state index contributed by atoms with van der Waals surface area (Å²) < 4.78 is 25.5. The zero-order valence-corrected chi connectivity index (χ0v) is 23.5. The molecule has 0 spiro atoms. The number of carbonyl (C=O) groups is 2. The zero-order chi connectivity index (χ0) is 28.8. The average Bonchev–Trinajstić information content (AvgIpc) is 3.46. The highest BCUT2D eigenvalue weighted by atomic mass is 19.1. The van der Waals surface area contributed by atoms with E-state index >= 15 is 0 Å². The van der Waals surface area contributed by atoms with Crippen LogP contribution in [0, 0.1) is 12.7 Å². The minimum absolute atomic E-state index is 0.0562. The van der Waals surface area contributed by atoms with Crippen LogP contribution in [-0.2, 0) is 9.53 Å². The Hall–Kier alpha value is -4.08. The van der Waals surface area contributed by atoms with Crippen molar-refractivity contribution in [3.8, 4) is 5.75 Å². The Morgan fingerprint density at radius 1 is 1.05 bits per heavy atom. The molecule has 214 valence electrons. The fraction of sp³-hybridized carbons (Fsp3) is 0.344. The summed E-state index contributed by atoms with van der Waals surface area (Å²) in [4.78, 5) is 31.1. The van der Waals surface area contributed by atoms with Crippen LogP contribution in [0.4, 0.5) is 4.39 Å². The number of benzene rings is 3. The van der Waals surface area contributed by atoms with E-state index in [0.717, 1.165) is 35.5 Å². The lowest BCUT2D eigenvalue weighted by Crippen LogP contribution is -2.46. The fourth-order valence-corrected chi connectivity index (χ4v) is 5.15. The third-order valence-electron chi connectivity index (χ3n) is 7.54. The van der Waals surface area contributed by atoms with Gasteiger partial charge in [0, 0.05) is 38.2 Å². The van der Waals surface area contributed by atoms with Crippen LogP contribution in [0.15, 0.2) is 77.9 Å². The number of rotatable bonds is 9. The maximum atomic E-state index is 14.6. The number of ether oxygens (including phenoxy) is 2. The molecule has 0 aromatic heterocycles. The van der Waals surface area contributed by atoms with E-state index in [4.69, 9.17) is 14.6 Å². The van der Waals surface area contributed by atoms with Crippen LogP contribution in [0.25, 0.3) is 0 Å². The van der Waals surface area contributed by atoms with Gasteiger partial charge in [0.15, 0.2) is 0 Å². The first-order valence-corrected chi connectivity index (χ1v) is 13.9. The van der Waals surface area contributed by atoms with E-state index in [2.05, 4.69) is 4.90 Å². The third kappa shape index (κ3) is 6.81. The highest BCUT2D eigenvalue weighted by molar-refractivity contribution is 6.04. The number of aryl methyl sites for hydroxylation is 1. The second kappa shape index (κ2) is 13.1. The number of hydrogen-bond donors (Lipinski definition) is 0. The summed E-state index contributed by atoms with van der Waals surface area (Å²) in [5.74, 6) is -0.766. The highest BCUT2D eigenvalue weighted by Gasteiger charge is 2.35. The molecule has 8 nitrogen and oxygen atoms in total. The molecule has 0 N–H and O–H groups in total. The molecule has 0 aliphatic carbocycles. The molecule has 2 aliphatic rings. The Morgan fingerprint density at radius 3 is 2.54 bits per heavy atom. The van der Waals surface area contributed by atoms with E-state index in [1.165, 1.54) is 22.0 Å². The van der Waals surface area contributed by atoms with Crippen LogP contribution in [0.3, 0.4) is 0 Å². The summed E-state index contributed by atoms with van der Waals surface area (Å²) in [5, 5.41) is 6.25. The van der Waals surface area contributed by atoms with Crippen molar-refractivity contribution in [1.29, 1.82) is 0 Å².